The van der Waals surface area contributed by atoms with Crippen LogP contribution in [-0.2, 0) is 10.2 Å². The van der Waals surface area contributed by atoms with Crippen LogP contribution in [0.4, 0.5) is 5.69 Å². The summed E-state index contributed by atoms with van der Waals surface area (Å²) in [5.74, 6) is 0.885. The fourth-order valence-corrected chi connectivity index (χ4v) is 7.50. The summed E-state index contributed by atoms with van der Waals surface area (Å²) in [7, 11) is 2.23. The summed E-state index contributed by atoms with van der Waals surface area (Å²) in [5.41, 5.74) is 4.50. The van der Waals surface area contributed by atoms with E-state index in [1.807, 2.05) is 0 Å². The van der Waals surface area contributed by atoms with Crippen LogP contribution >= 0.6 is 0 Å². The molecule has 2 unspecified atom stereocenters. The first-order chi connectivity index (χ1) is 16.8. The van der Waals surface area contributed by atoms with Gasteiger partial charge in [0, 0.05) is 49.2 Å². The molecular formula is C31H43N3O. The van der Waals surface area contributed by atoms with E-state index in [1.54, 1.807) is 0 Å². The summed E-state index contributed by atoms with van der Waals surface area (Å²) < 4.78 is 0. The van der Waals surface area contributed by atoms with Crippen LogP contribution in [0.2, 0.25) is 0 Å². The molecule has 5 rings (SSSR count). The van der Waals surface area contributed by atoms with Crippen LogP contribution in [0.25, 0.3) is 0 Å². The van der Waals surface area contributed by atoms with Crippen LogP contribution in [0.15, 0.2) is 54.6 Å². The average molecular weight is 474 g/mol. The van der Waals surface area contributed by atoms with E-state index in [4.69, 9.17) is 0 Å². The van der Waals surface area contributed by atoms with Gasteiger partial charge in [-0.3, -0.25) is 4.79 Å². The van der Waals surface area contributed by atoms with Gasteiger partial charge in [-0.1, -0.05) is 69.3 Å². The molecule has 4 heteroatoms. The molecule has 35 heavy (non-hydrogen) atoms. The van der Waals surface area contributed by atoms with Crippen molar-refractivity contribution in [3.63, 3.8) is 0 Å². The molecule has 0 saturated heterocycles. The lowest BCUT2D eigenvalue weighted by Crippen LogP contribution is -2.59. The van der Waals surface area contributed by atoms with E-state index in [0.717, 1.165) is 19.4 Å². The summed E-state index contributed by atoms with van der Waals surface area (Å²) in [6.45, 7) is 7.99. The van der Waals surface area contributed by atoms with E-state index in [9.17, 15) is 4.79 Å². The Morgan fingerprint density at radius 2 is 1.63 bits per heavy atom. The highest BCUT2D eigenvalue weighted by Crippen LogP contribution is 2.59. The summed E-state index contributed by atoms with van der Waals surface area (Å²) in [6.07, 6.45) is 7.46. The molecule has 188 valence electrons. The molecule has 4 nitrogen and oxygen atoms in total. The number of amides is 1. The van der Waals surface area contributed by atoms with E-state index >= 15 is 0 Å². The number of hydrogen-bond acceptors (Lipinski definition) is 3. The maximum absolute atomic E-state index is 12.9. The lowest BCUT2D eigenvalue weighted by atomic mass is 9.54. The summed E-state index contributed by atoms with van der Waals surface area (Å²) in [5, 5.41) is 7.08. The Hall–Kier alpha value is -2.33. The van der Waals surface area contributed by atoms with Crippen LogP contribution in [0.5, 0.6) is 0 Å². The first-order valence-electron chi connectivity index (χ1n) is 13.7. The lowest BCUT2D eigenvalue weighted by molar-refractivity contribution is -0.122. The Kier molecular flexibility index (Phi) is 6.69. The number of anilines is 1. The van der Waals surface area contributed by atoms with Crippen LogP contribution in [0.1, 0.15) is 82.8 Å². The predicted molar refractivity (Wildman–Crippen MR) is 145 cm³/mol. The van der Waals surface area contributed by atoms with Crippen molar-refractivity contribution in [3.05, 3.63) is 65.7 Å². The average Bonchev–Trinajstić information content (AvgIpc) is 3.08. The van der Waals surface area contributed by atoms with E-state index < -0.39 is 0 Å². The quantitative estimate of drug-likeness (QED) is 0.559. The molecule has 2 aromatic rings. The van der Waals surface area contributed by atoms with Crippen molar-refractivity contribution in [1.29, 1.82) is 0 Å². The molecule has 2 aliphatic carbocycles. The van der Waals surface area contributed by atoms with Crippen molar-refractivity contribution in [3.8, 4) is 0 Å². The molecule has 1 aliphatic heterocycles. The molecule has 2 saturated carbocycles. The minimum Gasteiger partial charge on any atom is -0.370 e. The van der Waals surface area contributed by atoms with Gasteiger partial charge >= 0.3 is 0 Å². The van der Waals surface area contributed by atoms with Crippen molar-refractivity contribution in [2.75, 3.05) is 18.5 Å². The number of carbonyl (C=O) groups is 1. The van der Waals surface area contributed by atoms with Crippen molar-refractivity contribution in [2.24, 2.45) is 5.41 Å². The molecular weight excluding hydrogens is 430 g/mol. The molecule has 0 radical (unpaired) electrons. The van der Waals surface area contributed by atoms with Gasteiger partial charge in [0.25, 0.3) is 0 Å². The molecule has 3 aliphatic rings. The summed E-state index contributed by atoms with van der Waals surface area (Å²) in [6, 6.07) is 21.0. The third-order valence-corrected chi connectivity index (χ3v) is 9.80. The van der Waals surface area contributed by atoms with Gasteiger partial charge in [-0.2, -0.15) is 0 Å². The van der Waals surface area contributed by atoms with Gasteiger partial charge in [0.15, 0.2) is 0 Å². The highest BCUT2D eigenvalue weighted by atomic mass is 16.1. The SMILES string of the molecule is CN1c2ccccc2C2(C)C1C[C@H](NC(=O)CCN[C@H]1CC[C@H](c3ccccc3)CC1)CC2(C)C. The van der Waals surface area contributed by atoms with E-state index in [2.05, 4.69) is 97.9 Å². The fourth-order valence-electron chi connectivity index (χ4n) is 7.50. The number of rotatable bonds is 6. The fraction of sp³-hybridized carbons (Fsp3) is 0.581. The smallest absolute Gasteiger partial charge is 0.221 e. The van der Waals surface area contributed by atoms with E-state index in [-0.39, 0.29) is 22.8 Å². The van der Waals surface area contributed by atoms with E-state index in [0.29, 0.717) is 24.4 Å². The van der Waals surface area contributed by atoms with Gasteiger partial charge in [-0.05, 0) is 67.1 Å². The second-order valence-electron chi connectivity index (χ2n) is 12.1. The minimum absolute atomic E-state index is 0.0969. The molecule has 2 N–H and O–H groups in total. The number of likely N-dealkylation sites (N-methyl/N-ethyl adjacent to an activating group) is 1. The first-order valence-corrected chi connectivity index (χ1v) is 13.7. The van der Waals surface area contributed by atoms with Crippen molar-refractivity contribution >= 4 is 11.6 Å². The predicted octanol–water partition coefficient (Wildman–Crippen LogP) is 5.77. The Morgan fingerprint density at radius 1 is 0.943 bits per heavy atom. The van der Waals surface area contributed by atoms with Gasteiger partial charge in [-0.25, -0.2) is 0 Å². The molecule has 3 atom stereocenters. The Labute approximate surface area is 211 Å². The van der Waals surface area contributed by atoms with Crippen LogP contribution < -0.4 is 15.5 Å². The number of benzene rings is 2. The van der Waals surface area contributed by atoms with E-state index in [1.165, 1.54) is 42.5 Å². The number of para-hydroxylation sites is 1. The monoisotopic (exact) mass is 473 g/mol. The zero-order valence-corrected chi connectivity index (χ0v) is 22.0. The Morgan fingerprint density at radius 3 is 2.37 bits per heavy atom. The second-order valence-corrected chi connectivity index (χ2v) is 12.1. The van der Waals surface area contributed by atoms with Crippen molar-refractivity contribution in [1.82, 2.24) is 10.6 Å². The van der Waals surface area contributed by atoms with Crippen LogP contribution in [0, 0.1) is 5.41 Å². The van der Waals surface area contributed by atoms with Gasteiger partial charge in [0.05, 0.1) is 0 Å². The molecule has 0 spiro atoms. The second kappa shape index (κ2) is 9.61. The molecule has 1 amide bonds. The molecule has 2 fully saturated rings. The number of nitrogens with zero attached hydrogens (tertiary/aromatic N) is 1. The van der Waals surface area contributed by atoms with Gasteiger partial charge in [0.1, 0.15) is 0 Å². The maximum Gasteiger partial charge on any atom is 0.221 e. The molecule has 0 aromatic heterocycles. The van der Waals surface area contributed by atoms with Crippen molar-refractivity contribution in [2.45, 2.75) is 95.2 Å². The van der Waals surface area contributed by atoms with Gasteiger partial charge in [0.2, 0.25) is 5.91 Å². The zero-order chi connectivity index (χ0) is 24.6. The topological polar surface area (TPSA) is 44.4 Å². The van der Waals surface area contributed by atoms with Gasteiger partial charge < -0.3 is 15.5 Å². The lowest BCUT2D eigenvalue weighted by Gasteiger charge is -2.53. The third-order valence-electron chi connectivity index (χ3n) is 9.80. The highest BCUT2D eigenvalue weighted by Gasteiger charge is 2.58. The largest absolute Gasteiger partial charge is 0.370 e. The van der Waals surface area contributed by atoms with Gasteiger partial charge in [-0.15, -0.1) is 0 Å². The zero-order valence-electron chi connectivity index (χ0n) is 22.0. The number of carbonyl (C=O) groups excluding carboxylic acids is 1. The standard InChI is InChI=1S/C31H43N3O/c1-30(2)21-25(20-28-31(30,3)26-12-8-9-13-27(26)34(28)4)33-29(35)18-19-32-24-16-14-23(15-17-24)22-10-6-5-7-11-22/h5-13,23-25,28,32H,14-21H2,1-4H3,(H,33,35)/t23-,24-,25-,28?,31?/m0/s1. The highest BCUT2D eigenvalue weighted by molar-refractivity contribution is 5.76. The normalized spacial score (nSPS) is 31.5. The molecule has 2 aromatic carbocycles. The first kappa shape index (κ1) is 24.4. The number of fused-ring (bicyclic) bond motifs is 3. The number of nitrogens with one attached hydrogen (secondary N) is 2. The number of hydrogen-bond donors (Lipinski definition) is 2. The van der Waals surface area contributed by atoms with Crippen LogP contribution in [0.3, 0.4) is 0 Å². The minimum atomic E-state index is 0.0969. The Bertz CT molecular complexity index is 1030. The molecule has 1 heterocycles. The Balaban J connectivity index is 1.10. The van der Waals surface area contributed by atoms with Crippen LogP contribution in [-0.4, -0.2) is 37.6 Å². The van der Waals surface area contributed by atoms with Crippen molar-refractivity contribution < 1.29 is 4.79 Å². The summed E-state index contributed by atoms with van der Waals surface area (Å²) in [4.78, 5) is 15.4. The molecule has 0 bridgehead atoms. The maximum atomic E-state index is 12.9. The third kappa shape index (κ3) is 4.50. The summed E-state index contributed by atoms with van der Waals surface area (Å²) >= 11 is 0.